The van der Waals surface area contributed by atoms with Crippen molar-refractivity contribution in [1.82, 2.24) is 0 Å². The van der Waals surface area contributed by atoms with Crippen molar-refractivity contribution in [2.45, 2.75) is 52.6 Å². The number of hydrogen-bond donors (Lipinski definition) is 0. The lowest BCUT2D eigenvalue weighted by Crippen LogP contribution is -2.38. The monoisotopic (exact) mass is 202 g/mol. The van der Waals surface area contributed by atoms with Gasteiger partial charge in [-0.3, -0.25) is 0 Å². The molecule has 0 aromatic carbocycles. The Morgan fingerprint density at radius 2 is 1.69 bits per heavy atom. The summed E-state index contributed by atoms with van der Waals surface area (Å²) in [6.45, 7) is 13.8. The SMILES string of the molecule is CCO[C@@]1(O[Si](C)(C)C)CC1(C)C. The van der Waals surface area contributed by atoms with E-state index in [-0.39, 0.29) is 11.2 Å². The van der Waals surface area contributed by atoms with Gasteiger partial charge in [0.2, 0.25) is 0 Å². The van der Waals surface area contributed by atoms with Crippen molar-refractivity contribution in [3.05, 3.63) is 0 Å². The predicted molar refractivity (Wildman–Crippen MR) is 57.2 cm³/mol. The van der Waals surface area contributed by atoms with E-state index < -0.39 is 8.32 Å². The zero-order valence-corrected chi connectivity index (χ0v) is 10.7. The summed E-state index contributed by atoms with van der Waals surface area (Å²) in [5.41, 5.74) is 0.212. The van der Waals surface area contributed by atoms with Gasteiger partial charge < -0.3 is 9.16 Å². The van der Waals surface area contributed by atoms with E-state index >= 15 is 0 Å². The van der Waals surface area contributed by atoms with Gasteiger partial charge in [0.15, 0.2) is 14.1 Å². The summed E-state index contributed by atoms with van der Waals surface area (Å²) in [6, 6.07) is 0. The largest absolute Gasteiger partial charge is 0.390 e. The first-order valence-corrected chi connectivity index (χ1v) is 8.47. The Balaban J connectivity index is 2.63. The second kappa shape index (κ2) is 3.07. The number of rotatable bonds is 4. The van der Waals surface area contributed by atoms with Crippen molar-refractivity contribution in [2.24, 2.45) is 5.41 Å². The molecule has 2 nitrogen and oxygen atoms in total. The quantitative estimate of drug-likeness (QED) is 0.515. The lowest BCUT2D eigenvalue weighted by molar-refractivity contribution is -0.131. The van der Waals surface area contributed by atoms with Crippen LogP contribution in [0.2, 0.25) is 19.6 Å². The van der Waals surface area contributed by atoms with Crippen LogP contribution in [-0.4, -0.2) is 20.7 Å². The van der Waals surface area contributed by atoms with Crippen LogP contribution in [-0.2, 0) is 9.16 Å². The average molecular weight is 202 g/mol. The first kappa shape index (κ1) is 11.2. The van der Waals surface area contributed by atoms with E-state index in [0.717, 1.165) is 13.0 Å². The van der Waals surface area contributed by atoms with Crippen LogP contribution in [0.15, 0.2) is 0 Å². The molecule has 0 bridgehead atoms. The average Bonchev–Trinajstić information content (AvgIpc) is 2.28. The minimum absolute atomic E-state index is 0.212. The van der Waals surface area contributed by atoms with Crippen LogP contribution in [0, 0.1) is 5.41 Å². The van der Waals surface area contributed by atoms with Crippen LogP contribution in [0.25, 0.3) is 0 Å². The smallest absolute Gasteiger partial charge is 0.187 e. The second-order valence-corrected chi connectivity index (χ2v) is 9.89. The fraction of sp³-hybridized carbons (Fsp3) is 1.00. The van der Waals surface area contributed by atoms with E-state index in [1.165, 1.54) is 0 Å². The second-order valence-electron chi connectivity index (χ2n) is 5.46. The van der Waals surface area contributed by atoms with Gasteiger partial charge in [-0.05, 0) is 26.6 Å². The van der Waals surface area contributed by atoms with Gasteiger partial charge in [-0.15, -0.1) is 0 Å². The van der Waals surface area contributed by atoms with Gasteiger partial charge in [0, 0.05) is 18.4 Å². The van der Waals surface area contributed by atoms with Gasteiger partial charge >= 0.3 is 0 Å². The molecule has 0 N–H and O–H groups in total. The summed E-state index contributed by atoms with van der Waals surface area (Å²) in [6.07, 6.45) is 1.04. The molecule has 0 aromatic heterocycles. The molecule has 1 aliphatic rings. The zero-order valence-electron chi connectivity index (χ0n) is 9.73. The standard InChI is InChI=1S/C10H22O2Si/c1-7-11-10(8-9(10,2)3)12-13(4,5)6/h7-8H2,1-6H3/t10-/m1/s1. The minimum atomic E-state index is -1.48. The summed E-state index contributed by atoms with van der Waals surface area (Å²) in [7, 11) is -1.48. The predicted octanol–water partition coefficient (Wildman–Crippen LogP) is 3.00. The van der Waals surface area contributed by atoms with Crippen LogP contribution < -0.4 is 0 Å². The molecule has 1 fully saturated rings. The molecule has 0 unspecified atom stereocenters. The molecule has 0 radical (unpaired) electrons. The van der Waals surface area contributed by atoms with E-state index in [1.807, 2.05) is 6.92 Å². The van der Waals surface area contributed by atoms with Gasteiger partial charge in [-0.2, -0.15) is 0 Å². The first-order chi connectivity index (χ1) is 5.72. The summed E-state index contributed by atoms with van der Waals surface area (Å²) in [5.74, 6) is -0.258. The molecule has 3 heteroatoms. The molecule has 0 aromatic rings. The Bertz CT molecular complexity index is 196. The minimum Gasteiger partial charge on any atom is -0.390 e. The Labute approximate surface area is 82.7 Å². The Hall–Kier alpha value is 0.137. The molecule has 1 atom stereocenters. The maximum absolute atomic E-state index is 6.11. The highest BCUT2D eigenvalue weighted by atomic mass is 28.4. The molecule has 1 rings (SSSR count). The molecule has 1 saturated carbocycles. The Kier molecular flexibility index (Phi) is 2.65. The molecular formula is C10H22O2Si. The van der Waals surface area contributed by atoms with E-state index in [4.69, 9.17) is 9.16 Å². The maximum atomic E-state index is 6.11. The van der Waals surface area contributed by atoms with Gasteiger partial charge in [-0.25, -0.2) is 0 Å². The van der Waals surface area contributed by atoms with Crippen molar-refractivity contribution in [3.8, 4) is 0 Å². The number of hydrogen-bond acceptors (Lipinski definition) is 2. The van der Waals surface area contributed by atoms with E-state index in [9.17, 15) is 0 Å². The zero-order chi connectivity index (χ0) is 10.3. The molecule has 0 amide bonds. The lowest BCUT2D eigenvalue weighted by atomic mass is 10.2. The molecule has 0 aliphatic heterocycles. The molecule has 0 saturated heterocycles. The third-order valence-electron chi connectivity index (χ3n) is 2.43. The van der Waals surface area contributed by atoms with E-state index in [0.29, 0.717) is 0 Å². The van der Waals surface area contributed by atoms with Crippen LogP contribution >= 0.6 is 0 Å². The fourth-order valence-corrected chi connectivity index (χ4v) is 3.11. The first-order valence-electron chi connectivity index (χ1n) is 5.07. The molecule has 0 spiro atoms. The molecular weight excluding hydrogens is 180 g/mol. The maximum Gasteiger partial charge on any atom is 0.187 e. The summed E-state index contributed by atoms with van der Waals surface area (Å²) in [4.78, 5) is 0. The van der Waals surface area contributed by atoms with Crippen LogP contribution in [0.5, 0.6) is 0 Å². The van der Waals surface area contributed by atoms with Gasteiger partial charge in [0.25, 0.3) is 0 Å². The third-order valence-corrected chi connectivity index (χ3v) is 3.37. The Morgan fingerprint density at radius 3 is 1.92 bits per heavy atom. The normalized spacial score (nSPS) is 31.8. The highest BCUT2D eigenvalue weighted by Crippen LogP contribution is 2.59. The number of ether oxygens (including phenoxy) is 1. The van der Waals surface area contributed by atoms with Crippen molar-refractivity contribution in [1.29, 1.82) is 0 Å². The van der Waals surface area contributed by atoms with Gasteiger partial charge in [0.1, 0.15) is 0 Å². The van der Waals surface area contributed by atoms with Crippen molar-refractivity contribution < 1.29 is 9.16 Å². The molecule has 13 heavy (non-hydrogen) atoms. The summed E-state index contributed by atoms with van der Waals surface area (Å²) >= 11 is 0. The van der Waals surface area contributed by atoms with Crippen LogP contribution in [0.3, 0.4) is 0 Å². The Morgan fingerprint density at radius 1 is 1.23 bits per heavy atom. The summed E-state index contributed by atoms with van der Waals surface area (Å²) in [5, 5.41) is 0. The van der Waals surface area contributed by atoms with Crippen molar-refractivity contribution in [3.63, 3.8) is 0 Å². The highest BCUT2D eigenvalue weighted by molar-refractivity contribution is 6.69. The molecule has 78 valence electrons. The van der Waals surface area contributed by atoms with Crippen molar-refractivity contribution in [2.75, 3.05) is 6.61 Å². The highest BCUT2D eigenvalue weighted by Gasteiger charge is 2.65. The fourth-order valence-electron chi connectivity index (χ4n) is 1.72. The topological polar surface area (TPSA) is 18.5 Å². The van der Waals surface area contributed by atoms with E-state index in [1.54, 1.807) is 0 Å². The van der Waals surface area contributed by atoms with E-state index in [2.05, 4.69) is 33.5 Å². The third kappa shape index (κ3) is 2.33. The van der Waals surface area contributed by atoms with Gasteiger partial charge in [-0.1, -0.05) is 13.8 Å². The lowest BCUT2D eigenvalue weighted by Gasteiger charge is -2.29. The summed E-state index contributed by atoms with van der Waals surface area (Å²) < 4.78 is 11.9. The van der Waals surface area contributed by atoms with Crippen molar-refractivity contribution >= 4 is 8.32 Å². The molecule has 0 heterocycles. The molecule has 1 aliphatic carbocycles. The van der Waals surface area contributed by atoms with Gasteiger partial charge in [0.05, 0.1) is 0 Å². The van der Waals surface area contributed by atoms with Crippen LogP contribution in [0.1, 0.15) is 27.2 Å². The van der Waals surface area contributed by atoms with Crippen LogP contribution in [0.4, 0.5) is 0 Å².